The molecule has 76 valence electrons. The van der Waals surface area contributed by atoms with Gasteiger partial charge in [0.05, 0.1) is 10.7 Å². The number of para-hydroxylation sites is 1. The lowest BCUT2D eigenvalue weighted by atomic mass is 10.0. The lowest BCUT2D eigenvalue weighted by Gasteiger charge is -2.07. The fraction of sp³-hybridized carbons (Fsp3) is 0. The molecule has 2 rings (SSSR count). The summed E-state index contributed by atoms with van der Waals surface area (Å²) in [5.41, 5.74) is 8.23. The molecule has 0 aliphatic carbocycles. The molecule has 0 fully saturated rings. The van der Waals surface area contributed by atoms with Crippen LogP contribution < -0.4 is 5.73 Å². The van der Waals surface area contributed by atoms with Crippen molar-refractivity contribution in [3.05, 3.63) is 47.5 Å². The first kappa shape index (κ1) is 9.87. The molecule has 0 aliphatic heterocycles. The molecule has 3 N–H and O–H groups in total. The van der Waals surface area contributed by atoms with Crippen molar-refractivity contribution in [2.45, 2.75) is 0 Å². The fourth-order valence-corrected chi connectivity index (χ4v) is 1.60. The third kappa shape index (κ3) is 1.90. The van der Waals surface area contributed by atoms with Gasteiger partial charge in [-0.3, -0.25) is 0 Å². The van der Waals surface area contributed by atoms with E-state index in [1.165, 1.54) is 0 Å². The summed E-state index contributed by atoms with van der Waals surface area (Å²) in [4.78, 5) is 0. The minimum absolute atomic E-state index is 0.236. The normalized spacial score (nSPS) is 10.2. The zero-order valence-electron chi connectivity index (χ0n) is 7.94. The van der Waals surface area contributed by atoms with Crippen LogP contribution in [0.15, 0.2) is 42.5 Å². The Balaban J connectivity index is 2.54. The summed E-state index contributed by atoms with van der Waals surface area (Å²) in [6.07, 6.45) is 0. The van der Waals surface area contributed by atoms with Crippen molar-refractivity contribution in [2.75, 3.05) is 5.73 Å². The summed E-state index contributed by atoms with van der Waals surface area (Å²) in [6.45, 7) is 0. The Morgan fingerprint density at radius 2 is 1.67 bits per heavy atom. The molecule has 15 heavy (non-hydrogen) atoms. The summed E-state index contributed by atoms with van der Waals surface area (Å²) in [5, 5.41) is 9.71. The second-order valence-electron chi connectivity index (χ2n) is 3.25. The molecule has 0 spiro atoms. The number of phenols is 1. The molecule has 3 heteroatoms. The Hall–Kier alpha value is -1.67. The highest BCUT2D eigenvalue weighted by Gasteiger charge is 2.04. The number of phenolic OH excluding ortho intramolecular Hbond substituents is 1. The standard InChI is InChI=1S/C12H10ClNO/c13-11-3-1-2-10(12(11)14)8-4-6-9(15)7-5-8/h1-7,15H,14H2. The van der Waals surface area contributed by atoms with Gasteiger partial charge in [0.1, 0.15) is 5.75 Å². The average Bonchev–Trinajstić information content (AvgIpc) is 2.24. The Labute approximate surface area is 92.9 Å². The van der Waals surface area contributed by atoms with Gasteiger partial charge in [0.2, 0.25) is 0 Å². The van der Waals surface area contributed by atoms with Crippen molar-refractivity contribution in [3.63, 3.8) is 0 Å². The van der Waals surface area contributed by atoms with E-state index in [0.717, 1.165) is 11.1 Å². The van der Waals surface area contributed by atoms with Crippen LogP contribution in [0, 0.1) is 0 Å². The molecule has 0 saturated heterocycles. The van der Waals surface area contributed by atoms with Gasteiger partial charge < -0.3 is 10.8 Å². The molecule has 2 aromatic rings. The first-order valence-corrected chi connectivity index (χ1v) is 4.89. The van der Waals surface area contributed by atoms with Crippen LogP contribution in [-0.4, -0.2) is 5.11 Å². The predicted molar refractivity (Wildman–Crippen MR) is 63.0 cm³/mol. The summed E-state index contributed by atoms with van der Waals surface area (Å²) in [5.74, 6) is 0.236. The molecule has 2 nitrogen and oxygen atoms in total. The van der Waals surface area contributed by atoms with Crippen molar-refractivity contribution in [1.29, 1.82) is 0 Å². The van der Waals surface area contributed by atoms with E-state index in [2.05, 4.69) is 0 Å². The van der Waals surface area contributed by atoms with E-state index in [1.54, 1.807) is 30.3 Å². The number of nitrogen functional groups attached to an aromatic ring is 1. The number of halogens is 1. The van der Waals surface area contributed by atoms with Gasteiger partial charge in [0, 0.05) is 5.56 Å². The van der Waals surface area contributed by atoms with Gasteiger partial charge >= 0.3 is 0 Å². The number of hydrogen-bond donors (Lipinski definition) is 2. The molecule has 0 radical (unpaired) electrons. The van der Waals surface area contributed by atoms with Crippen LogP contribution >= 0.6 is 11.6 Å². The van der Waals surface area contributed by atoms with Crippen molar-refractivity contribution in [1.82, 2.24) is 0 Å². The molecule has 0 atom stereocenters. The van der Waals surface area contributed by atoms with E-state index in [0.29, 0.717) is 10.7 Å². The number of anilines is 1. The van der Waals surface area contributed by atoms with Gasteiger partial charge in [-0.05, 0) is 23.8 Å². The second kappa shape index (κ2) is 3.83. The van der Waals surface area contributed by atoms with E-state index in [9.17, 15) is 5.11 Å². The smallest absolute Gasteiger partial charge is 0.115 e. The summed E-state index contributed by atoms with van der Waals surface area (Å²) >= 11 is 5.92. The second-order valence-corrected chi connectivity index (χ2v) is 3.66. The van der Waals surface area contributed by atoms with E-state index in [4.69, 9.17) is 17.3 Å². The Kier molecular flexibility index (Phi) is 2.52. The van der Waals surface area contributed by atoms with Crippen molar-refractivity contribution >= 4 is 17.3 Å². The third-order valence-corrected chi connectivity index (χ3v) is 2.56. The maximum Gasteiger partial charge on any atom is 0.115 e. The zero-order chi connectivity index (χ0) is 10.8. The minimum atomic E-state index is 0.236. The fourth-order valence-electron chi connectivity index (χ4n) is 1.43. The van der Waals surface area contributed by atoms with Gasteiger partial charge in [-0.25, -0.2) is 0 Å². The molecule has 0 unspecified atom stereocenters. The SMILES string of the molecule is Nc1c(Cl)cccc1-c1ccc(O)cc1. The monoisotopic (exact) mass is 219 g/mol. The molecule has 0 aliphatic rings. The largest absolute Gasteiger partial charge is 0.508 e. The first-order valence-electron chi connectivity index (χ1n) is 4.52. The number of benzene rings is 2. The predicted octanol–water partition coefficient (Wildman–Crippen LogP) is 3.29. The number of hydrogen-bond acceptors (Lipinski definition) is 2. The lowest BCUT2D eigenvalue weighted by molar-refractivity contribution is 0.475. The molecular weight excluding hydrogens is 210 g/mol. The van der Waals surface area contributed by atoms with Crippen LogP contribution in [0.25, 0.3) is 11.1 Å². The van der Waals surface area contributed by atoms with Crippen molar-refractivity contribution < 1.29 is 5.11 Å². The number of rotatable bonds is 1. The van der Waals surface area contributed by atoms with Crippen molar-refractivity contribution in [2.24, 2.45) is 0 Å². The Morgan fingerprint density at radius 1 is 1.00 bits per heavy atom. The highest BCUT2D eigenvalue weighted by atomic mass is 35.5. The maximum absolute atomic E-state index is 9.17. The van der Waals surface area contributed by atoms with Crippen LogP contribution in [-0.2, 0) is 0 Å². The molecule has 0 saturated carbocycles. The molecule has 0 bridgehead atoms. The first-order chi connectivity index (χ1) is 7.18. The van der Waals surface area contributed by atoms with Gasteiger partial charge in [-0.2, -0.15) is 0 Å². The molecule has 2 aromatic carbocycles. The quantitative estimate of drug-likeness (QED) is 0.723. The Bertz CT molecular complexity index is 479. The van der Waals surface area contributed by atoms with Gasteiger partial charge in [-0.15, -0.1) is 0 Å². The van der Waals surface area contributed by atoms with E-state index < -0.39 is 0 Å². The highest BCUT2D eigenvalue weighted by molar-refractivity contribution is 6.33. The average molecular weight is 220 g/mol. The van der Waals surface area contributed by atoms with E-state index in [-0.39, 0.29) is 5.75 Å². The van der Waals surface area contributed by atoms with E-state index in [1.807, 2.05) is 12.1 Å². The van der Waals surface area contributed by atoms with Gasteiger partial charge in [-0.1, -0.05) is 35.9 Å². The molecule has 0 amide bonds. The van der Waals surface area contributed by atoms with Crippen LogP contribution in [0.4, 0.5) is 5.69 Å². The topological polar surface area (TPSA) is 46.2 Å². The van der Waals surface area contributed by atoms with Crippen LogP contribution in [0.3, 0.4) is 0 Å². The molecule has 0 aromatic heterocycles. The Morgan fingerprint density at radius 3 is 2.33 bits per heavy atom. The van der Waals surface area contributed by atoms with Crippen LogP contribution in [0.2, 0.25) is 5.02 Å². The summed E-state index contributed by atoms with van der Waals surface area (Å²) in [6, 6.07) is 12.3. The van der Waals surface area contributed by atoms with Gasteiger partial charge in [0.25, 0.3) is 0 Å². The third-order valence-electron chi connectivity index (χ3n) is 2.23. The van der Waals surface area contributed by atoms with E-state index >= 15 is 0 Å². The highest BCUT2D eigenvalue weighted by Crippen LogP contribution is 2.31. The van der Waals surface area contributed by atoms with Crippen LogP contribution in [0.1, 0.15) is 0 Å². The molecular formula is C12H10ClNO. The minimum Gasteiger partial charge on any atom is -0.508 e. The van der Waals surface area contributed by atoms with Crippen LogP contribution in [0.5, 0.6) is 5.75 Å². The van der Waals surface area contributed by atoms with Gasteiger partial charge in [0.15, 0.2) is 0 Å². The maximum atomic E-state index is 9.17. The van der Waals surface area contributed by atoms with Crippen molar-refractivity contribution in [3.8, 4) is 16.9 Å². The summed E-state index contributed by atoms with van der Waals surface area (Å²) < 4.78 is 0. The lowest BCUT2D eigenvalue weighted by Crippen LogP contribution is -1.90. The zero-order valence-corrected chi connectivity index (χ0v) is 8.70. The summed E-state index contributed by atoms with van der Waals surface area (Å²) in [7, 11) is 0. The number of aromatic hydroxyl groups is 1. The number of nitrogens with two attached hydrogens (primary N) is 1. The molecule has 0 heterocycles.